The summed E-state index contributed by atoms with van der Waals surface area (Å²) in [5, 5.41) is 2.91. The largest absolute Gasteiger partial charge is 0.482 e. The molecule has 136 valence electrons. The van der Waals surface area contributed by atoms with Crippen molar-refractivity contribution in [2.24, 2.45) is 11.7 Å². The number of para-hydroxylation sites is 2. The minimum atomic E-state index is -0.0776. The summed E-state index contributed by atoms with van der Waals surface area (Å²) < 4.78 is 10.9. The molecule has 1 aromatic rings. The van der Waals surface area contributed by atoms with Crippen LogP contribution in [0.2, 0.25) is 0 Å². The average molecular weight is 347 g/mol. The molecule has 1 aromatic carbocycles. The SMILES string of the molecule is NC1CCC(C(=O)Nc2ccccc2OCC(=O)N2CCOCC2)C1. The van der Waals surface area contributed by atoms with Crippen LogP contribution in [0.1, 0.15) is 19.3 Å². The number of amides is 2. The maximum Gasteiger partial charge on any atom is 0.260 e. The van der Waals surface area contributed by atoms with Gasteiger partial charge in [0.05, 0.1) is 18.9 Å². The number of nitrogens with two attached hydrogens (primary N) is 1. The van der Waals surface area contributed by atoms with Gasteiger partial charge in [-0.1, -0.05) is 12.1 Å². The van der Waals surface area contributed by atoms with Crippen LogP contribution in [0.25, 0.3) is 0 Å². The van der Waals surface area contributed by atoms with E-state index in [1.807, 2.05) is 12.1 Å². The van der Waals surface area contributed by atoms with Crippen molar-refractivity contribution in [2.75, 3.05) is 38.2 Å². The Kier molecular flexibility index (Phi) is 5.88. The van der Waals surface area contributed by atoms with Crippen molar-refractivity contribution in [2.45, 2.75) is 25.3 Å². The molecule has 3 N–H and O–H groups in total. The molecule has 3 rings (SSSR count). The number of rotatable bonds is 5. The Bertz CT molecular complexity index is 616. The molecule has 1 heterocycles. The maximum atomic E-state index is 12.4. The third-order valence-corrected chi connectivity index (χ3v) is 4.70. The molecule has 2 unspecified atom stereocenters. The molecule has 2 amide bonds. The first-order valence-corrected chi connectivity index (χ1v) is 8.77. The molecule has 1 aliphatic heterocycles. The van der Waals surface area contributed by atoms with Crippen LogP contribution in [0, 0.1) is 5.92 Å². The normalized spacial score (nSPS) is 23.3. The monoisotopic (exact) mass is 347 g/mol. The molecule has 2 aliphatic rings. The summed E-state index contributed by atoms with van der Waals surface area (Å²) >= 11 is 0. The zero-order valence-corrected chi connectivity index (χ0v) is 14.3. The van der Waals surface area contributed by atoms with Crippen molar-refractivity contribution >= 4 is 17.5 Å². The lowest BCUT2D eigenvalue weighted by atomic mass is 10.1. The first kappa shape index (κ1) is 17.7. The molecule has 2 atom stereocenters. The Hall–Kier alpha value is -2.12. The van der Waals surface area contributed by atoms with Gasteiger partial charge in [-0.15, -0.1) is 0 Å². The number of benzene rings is 1. The van der Waals surface area contributed by atoms with Gasteiger partial charge < -0.3 is 25.4 Å². The van der Waals surface area contributed by atoms with Crippen LogP contribution in [-0.2, 0) is 14.3 Å². The molecule has 7 heteroatoms. The third kappa shape index (κ3) is 4.70. The second-order valence-corrected chi connectivity index (χ2v) is 6.54. The quantitative estimate of drug-likeness (QED) is 0.828. The highest BCUT2D eigenvalue weighted by molar-refractivity contribution is 5.94. The number of nitrogens with zero attached hydrogens (tertiary/aromatic N) is 1. The molecule has 7 nitrogen and oxygen atoms in total. The van der Waals surface area contributed by atoms with E-state index in [4.69, 9.17) is 15.2 Å². The van der Waals surface area contributed by atoms with Crippen LogP contribution in [0.15, 0.2) is 24.3 Å². The van der Waals surface area contributed by atoms with Gasteiger partial charge in [-0.2, -0.15) is 0 Å². The second-order valence-electron chi connectivity index (χ2n) is 6.54. The molecule has 0 aromatic heterocycles. The summed E-state index contributed by atoms with van der Waals surface area (Å²) in [4.78, 5) is 26.3. The molecule has 0 spiro atoms. The smallest absolute Gasteiger partial charge is 0.260 e. The Morgan fingerprint density at radius 1 is 1.24 bits per heavy atom. The lowest BCUT2D eigenvalue weighted by molar-refractivity contribution is -0.137. The van der Waals surface area contributed by atoms with E-state index >= 15 is 0 Å². The Labute approximate surface area is 147 Å². The zero-order valence-electron chi connectivity index (χ0n) is 14.3. The summed E-state index contributed by atoms with van der Waals surface area (Å²) in [6, 6.07) is 7.28. The highest BCUT2D eigenvalue weighted by Gasteiger charge is 2.28. The molecular formula is C18H25N3O4. The number of morpholine rings is 1. The lowest BCUT2D eigenvalue weighted by Gasteiger charge is -2.26. The predicted molar refractivity (Wildman–Crippen MR) is 93.3 cm³/mol. The molecule has 0 bridgehead atoms. The third-order valence-electron chi connectivity index (χ3n) is 4.70. The zero-order chi connectivity index (χ0) is 17.6. The number of ether oxygens (including phenoxy) is 2. The number of carbonyl (C=O) groups is 2. The standard InChI is InChI=1S/C18H25N3O4/c19-14-6-5-13(11-14)18(23)20-15-3-1-2-4-16(15)25-12-17(22)21-7-9-24-10-8-21/h1-4,13-14H,5-12,19H2,(H,20,23). The van der Waals surface area contributed by atoms with E-state index < -0.39 is 0 Å². The molecule has 0 radical (unpaired) electrons. The van der Waals surface area contributed by atoms with E-state index in [0.29, 0.717) is 44.2 Å². The summed E-state index contributed by atoms with van der Waals surface area (Å²) in [6.45, 7) is 2.23. The highest BCUT2D eigenvalue weighted by Crippen LogP contribution is 2.28. The van der Waals surface area contributed by atoms with Crippen molar-refractivity contribution < 1.29 is 19.1 Å². The number of nitrogens with one attached hydrogen (secondary N) is 1. The van der Waals surface area contributed by atoms with E-state index in [0.717, 1.165) is 12.8 Å². The Balaban J connectivity index is 1.57. The van der Waals surface area contributed by atoms with Gasteiger partial charge in [0.25, 0.3) is 5.91 Å². The fourth-order valence-corrected chi connectivity index (χ4v) is 3.23. The van der Waals surface area contributed by atoms with Gasteiger partial charge in [-0.25, -0.2) is 0 Å². The van der Waals surface area contributed by atoms with Gasteiger partial charge >= 0.3 is 0 Å². The van der Waals surface area contributed by atoms with Crippen molar-refractivity contribution in [3.05, 3.63) is 24.3 Å². The molecule has 1 saturated heterocycles. The summed E-state index contributed by atoms with van der Waals surface area (Å²) in [5.74, 6) is 0.326. The van der Waals surface area contributed by atoms with Crippen LogP contribution in [0.5, 0.6) is 5.75 Å². The van der Waals surface area contributed by atoms with E-state index in [1.165, 1.54) is 0 Å². The summed E-state index contributed by atoms with van der Waals surface area (Å²) in [6.07, 6.45) is 2.40. The van der Waals surface area contributed by atoms with Crippen LogP contribution in [0.4, 0.5) is 5.69 Å². The maximum absolute atomic E-state index is 12.4. The van der Waals surface area contributed by atoms with Crippen LogP contribution in [0.3, 0.4) is 0 Å². The minimum absolute atomic E-state index is 0.0384. The van der Waals surface area contributed by atoms with Gasteiger partial charge in [-0.05, 0) is 31.4 Å². The Morgan fingerprint density at radius 2 is 2.00 bits per heavy atom. The molecule has 1 aliphatic carbocycles. The van der Waals surface area contributed by atoms with Crippen LogP contribution < -0.4 is 15.8 Å². The summed E-state index contributed by atoms with van der Waals surface area (Å²) in [7, 11) is 0. The fraction of sp³-hybridized carbons (Fsp3) is 0.556. The molecule has 1 saturated carbocycles. The van der Waals surface area contributed by atoms with Gasteiger partial charge in [0, 0.05) is 25.0 Å². The number of anilines is 1. The van der Waals surface area contributed by atoms with Crippen molar-refractivity contribution in [3.8, 4) is 5.75 Å². The van der Waals surface area contributed by atoms with E-state index in [1.54, 1.807) is 17.0 Å². The molecule has 2 fully saturated rings. The second kappa shape index (κ2) is 8.31. The number of hydrogen-bond acceptors (Lipinski definition) is 5. The molecule has 25 heavy (non-hydrogen) atoms. The van der Waals surface area contributed by atoms with Gasteiger partial charge in [0.15, 0.2) is 6.61 Å². The van der Waals surface area contributed by atoms with Gasteiger partial charge in [0.2, 0.25) is 5.91 Å². The van der Waals surface area contributed by atoms with E-state index in [9.17, 15) is 9.59 Å². The Morgan fingerprint density at radius 3 is 2.72 bits per heavy atom. The average Bonchev–Trinajstić information content (AvgIpc) is 3.08. The van der Waals surface area contributed by atoms with Crippen molar-refractivity contribution in [3.63, 3.8) is 0 Å². The highest BCUT2D eigenvalue weighted by atomic mass is 16.5. The first-order chi connectivity index (χ1) is 12.1. The predicted octanol–water partition coefficient (Wildman–Crippen LogP) is 0.990. The van der Waals surface area contributed by atoms with Crippen LogP contribution in [-0.4, -0.2) is 55.7 Å². The van der Waals surface area contributed by atoms with Crippen molar-refractivity contribution in [1.82, 2.24) is 4.90 Å². The van der Waals surface area contributed by atoms with Crippen molar-refractivity contribution in [1.29, 1.82) is 0 Å². The van der Waals surface area contributed by atoms with E-state index in [2.05, 4.69) is 5.32 Å². The lowest BCUT2D eigenvalue weighted by Crippen LogP contribution is -2.43. The van der Waals surface area contributed by atoms with Gasteiger partial charge in [-0.3, -0.25) is 9.59 Å². The number of hydrogen-bond donors (Lipinski definition) is 2. The molecular weight excluding hydrogens is 322 g/mol. The van der Waals surface area contributed by atoms with E-state index in [-0.39, 0.29) is 30.4 Å². The topological polar surface area (TPSA) is 93.9 Å². The number of carbonyl (C=O) groups excluding carboxylic acids is 2. The summed E-state index contributed by atoms with van der Waals surface area (Å²) in [5.41, 5.74) is 6.47. The first-order valence-electron chi connectivity index (χ1n) is 8.77. The fourth-order valence-electron chi connectivity index (χ4n) is 3.23. The van der Waals surface area contributed by atoms with Crippen LogP contribution >= 0.6 is 0 Å². The van der Waals surface area contributed by atoms with Gasteiger partial charge in [0.1, 0.15) is 5.75 Å². The minimum Gasteiger partial charge on any atom is -0.482 e.